The number of benzene rings is 2. The van der Waals surface area contributed by atoms with Crippen LogP contribution in [0.25, 0.3) is 10.9 Å². The first-order valence-corrected chi connectivity index (χ1v) is 8.85. The van der Waals surface area contributed by atoms with Gasteiger partial charge in [0.05, 0.1) is 5.56 Å². The number of fused-ring (bicyclic) bond motifs is 1. The van der Waals surface area contributed by atoms with Crippen LogP contribution in [0, 0.1) is 0 Å². The molecule has 1 saturated heterocycles. The monoisotopic (exact) mass is 354 g/mol. The maximum Gasteiger partial charge on any atom is 0.256 e. The minimum atomic E-state index is 0.0457. The van der Waals surface area contributed by atoms with Crippen LogP contribution in [0.4, 0.5) is 0 Å². The van der Waals surface area contributed by atoms with Crippen molar-refractivity contribution in [2.24, 2.45) is 0 Å². The number of para-hydroxylation sites is 1. The second-order valence-electron chi connectivity index (χ2n) is 6.52. The number of nitrogens with zero attached hydrogens (tertiary/aromatic N) is 1. The highest BCUT2D eigenvalue weighted by atomic mass is 35.5. The number of hydrogen-bond donors (Lipinski definition) is 2. The number of aromatic amines is 1. The van der Waals surface area contributed by atoms with Crippen LogP contribution in [0.1, 0.15) is 34.7 Å². The molecule has 1 aromatic heterocycles. The number of amides is 1. The van der Waals surface area contributed by atoms with Gasteiger partial charge in [0.2, 0.25) is 0 Å². The number of nitrogens with one attached hydrogen (secondary N) is 1. The number of halogens is 1. The first-order valence-electron chi connectivity index (χ1n) is 8.47. The van der Waals surface area contributed by atoms with E-state index < -0.39 is 0 Å². The quantitative estimate of drug-likeness (QED) is 0.709. The van der Waals surface area contributed by atoms with Crippen molar-refractivity contribution < 1.29 is 9.90 Å². The van der Waals surface area contributed by atoms with Crippen LogP contribution < -0.4 is 0 Å². The topological polar surface area (TPSA) is 56.3 Å². The SMILES string of the molecule is O=C(c1c[nH]c2cc(Cl)ccc12)N1CCC(c2ccccc2O)CC1. The van der Waals surface area contributed by atoms with Gasteiger partial charge in [-0.25, -0.2) is 0 Å². The Morgan fingerprint density at radius 3 is 2.68 bits per heavy atom. The van der Waals surface area contributed by atoms with Gasteiger partial charge in [-0.15, -0.1) is 0 Å². The van der Waals surface area contributed by atoms with Gasteiger partial charge >= 0.3 is 0 Å². The van der Waals surface area contributed by atoms with Crippen LogP contribution in [0.15, 0.2) is 48.7 Å². The summed E-state index contributed by atoms with van der Waals surface area (Å²) in [5, 5.41) is 11.6. The lowest BCUT2D eigenvalue weighted by molar-refractivity contribution is 0.0714. The van der Waals surface area contributed by atoms with Gasteiger partial charge in [-0.3, -0.25) is 4.79 Å². The van der Waals surface area contributed by atoms with Gasteiger partial charge in [0, 0.05) is 35.2 Å². The van der Waals surface area contributed by atoms with Crippen LogP contribution >= 0.6 is 11.6 Å². The number of rotatable bonds is 2. The van der Waals surface area contributed by atoms with Crippen LogP contribution in [0.5, 0.6) is 5.75 Å². The van der Waals surface area contributed by atoms with Crippen molar-refractivity contribution in [2.45, 2.75) is 18.8 Å². The fourth-order valence-corrected chi connectivity index (χ4v) is 3.84. The predicted octanol–water partition coefficient (Wildman–Crippen LogP) is 4.55. The smallest absolute Gasteiger partial charge is 0.256 e. The minimum Gasteiger partial charge on any atom is -0.508 e. The highest BCUT2D eigenvalue weighted by molar-refractivity contribution is 6.31. The van der Waals surface area contributed by atoms with E-state index in [9.17, 15) is 9.90 Å². The van der Waals surface area contributed by atoms with Crippen LogP contribution in [0.3, 0.4) is 0 Å². The molecule has 2 heterocycles. The molecular weight excluding hydrogens is 336 g/mol. The highest BCUT2D eigenvalue weighted by Crippen LogP contribution is 2.34. The molecule has 0 atom stereocenters. The standard InChI is InChI=1S/C20H19ClN2O2/c21-14-5-6-16-17(12-22-18(16)11-14)20(25)23-9-7-13(8-10-23)15-3-1-2-4-19(15)24/h1-6,11-13,22,24H,7-10H2. The first-order chi connectivity index (χ1) is 12.1. The van der Waals surface area contributed by atoms with Crippen molar-refractivity contribution in [2.75, 3.05) is 13.1 Å². The van der Waals surface area contributed by atoms with Crippen molar-refractivity contribution in [1.29, 1.82) is 0 Å². The summed E-state index contributed by atoms with van der Waals surface area (Å²) < 4.78 is 0. The van der Waals surface area contributed by atoms with E-state index in [1.165, 1.54) is 0 Å². The maximum atomic E-state index is 12.9. The molecule has 1 amide bonds. The molecule has 128 valence electrons. The minimum absolute atomic E-state index is 0.0457. The summed E-state index contributed by atoms with van der Waals surface area (Å²) in [6, 6.07) is 13.0. The maximum absolute atomic E-state index is 12.9. The Bertz CT molecular complexity index is 926. The summed E-state index contributed by atoms with van der Waals surface area (Å²) in [6.45, 7) is 1.39. The lowest BCUT2D eigenvalue weighted by atomic mass is 9.88. The van der Waals surface area contributed by atoms with Crippen LogP contribution in [-0.2, 0) is 0 Å². The van der Waals surface area contributed by atoms with Crippen molar-refractivity contribution in [3.05, 3.63) is 64.8 Å². The fraction of sp³-hybridized carbons (Fsp3) is 0.250. The first kappa shape index (κ1) is 16.0. The number of aromatic hydroxyl groups is 1. The second kappa shape index (κ2) is 6.45. The number of phenolic OH excluding ortho intramolecular Hbond substituents is 1. The van der Waals surface area contributed by atoms with Crippen molar-refractivity contribution in [1.82, 2.24) is 9.88 Å². The van der Waals surface area contributed by atoms with Crippen molar-refractivity contribution >= 4 is 28.4 Å². The molecule has 0 radical (unpaired) electrons. The molecule has 0 saturated carbocycles. The molecule has 25 heavy (non-hydrogen) atoms. The summed E-state index contributed by atoms with van der Waals surface area (Å²) in [6.07, 6.45) is 3.48. The molecule has 2 N–H and O–H groups in total. The van der Waals surface area contributed by atoms with Gasteiger partial charge in [0.25, 0.3) is 5.91 Å². The van der Waals surface area contributed by atoms with Gasteiger partial charge in [-0.2, -0.15) is 0 Å². The molecule has 4 rings (SSSR count). The van der Waals surface area contributed by atoms with Crippen molar-refractivity contribution in [3.8, 4) is 5.75 Å². The number of phenols is 1. The van der Waals surface area contributed by atoms with E-state index in [1.807, 2.05) is 35.2 Å². The molecule has 1 fully saturated rings. The summed E-state index contributed by atoms with van der Waals surface area (Å²) in [4.78, 5) is 17.9. The van der Waals surface area contributed by atoms with Gasteiger partial charge < -0.3 is 15.0 Å². The van der Waals surface area contributed by atoms with E-state index in [0.29, 0.717) is 35.3 Å². The van der Waals surface area contributed by atoms with Gasteiger partial charge in [-0.1, -0.05) is 35.9 Å². The zero-order chi connectivity index (χ0) is 17.4. The third-order valence-electron chi connectivity index (χ3n) is 5.03. The Morgan fingerprint density at radius 2 is 1.92 bits per heavy atom. The van der Waals surface area contributed by atoms with Crippen LogP contribution in [-0.4, -0.2) is 34.0 Å². The Labute approximate surface area is 151 Å². The molecule has 0 spiro atoms. The van der Waals surface area contributed by atoms with Crippen molar-refractivity contribution in [3.63, 3.8) is 0 Å². The Balaban J connectivity index is 1.50. The van der Waals surface area contributed by atoms with E-state index in [0.717, 1.165) is 29.3 Å². The second-order valence-corrected chi connectivity index (χ2v) is 6.95. The molecule has 0 aliphatic carbocycles. The largest absolute Gasteiger partial charge is 0.508 e. The number of hydrogen-bond acceptors (Lipinski definition) is 2. The number of likely N-dealkylation sites (tertiary alicyclic amines) is 1. The summed E-state index contributed by atoms with van der Waals surface area (Å²) in [5.41, 5.74) is 2.55. The Hall–Kier alpha value is -2.46. The van der Waals surface area contributed by atoms with E-state index in [-0.39, 0.29) is 5.91 Å². The molecule has 1 aliphatic rings. The number of carbonyl (C=O) groups excluding carboxylic acids is 1. The summed E-state index contributed by atoms with van der Waals surface area (Å²) >= 11 is 6.01. The Morgan fingerprint density at radius 1 is 1.16 bits per heavy atom. The molecule has 3 aromatic rings. The van der Waals surface area contributed by atoms with E-state index in [1.54, 1.807) is 18.3 Å². The van der Waals surface area contributed by atoms with E-state index >= 15 is 0 Å². The molecule has 5 heteroatoms. The van der Waals surface area contributed by atoms with Gasteiger partial charge in [-0.05, 0) is 42.5 Å². The van der Waals surface area contributed by atoms with E-state index in [2.05, 4.69) is 4.98 Å². The average molecular weight is 355 g/mol. The number of H-pyrrole nitrogens is 1. The molecule has 0 unspecified atom stereocenters. The summed E-state index contributed by atoms with van der Waals surface area (Å²) in [7, 11) is 0. The predicted molar refractivity (Wildman–Crippen MR) is 99.3 cm³/mol. The zero-order valence-electron chi connectivity index (χ0n) is 13.7. The molecule has 0 bridgehead atoms. The zero-order valence-corrected chi connectivity index (χ0v) is 14.5. The number of aromatic nitrogens is 1. The number of carbonyl (C=O) groups is 1. The van der Waals surface area contributed by atoms with E-state index in [4.69, 9.17) is 11.6 Å². The lowest BCUT2D eigenvalue weighted by Crippen LogP contribution is -2.37. The Kier molecular flexibility index (Phi) is 4.14. The number of piperidine rings is 1. The average Bonchev–Trinajstić information content (AvgIpc) is 3.04. The van der Waals surface area contributed by atoms with Gasteiger partial charge in [0.1, 0.15) is 5.75 Å². The lowest BCUT2D eigenvalue weighted by Gasteiger charge is -2.32. The van der Waals surface area contributed by atoms with Gasteiger partial charge in [0.15, 0.2) is 0 Å². The normalized spacial score (nSPS) is 15.6. The third-order valence-corrected chi connectivity index (χ3v) is 5.27. The molecule has 4 nitrogen and oxygen atoms in total. The third kappa shape index (κ3) is 2.98. The highest BCUT2D eigenvalue weighted by Gasteiger charge is 2.27. The molecule has 2 aromatic carbocycles. The summed E-state index contributed by atoms with van der Waals surface area (Å²) in [5.74, 6) is 0.692. The molecular formula is C20H19ClN2O2. The molecule has 1 aliphatic heterocycles. The fourth-order valence-electron chi connectivity index (χ4n) is 3.67. The van der Waals surface area contributed by atoms with Crippen LogP contribution in [0.2, 0.25) is 5.02 Å².